The quantitative estimate of drug-likeness (QED) is 0.432. The van der Waals surface area contributed by atoms with Gasteiger partial charge in [-0.2, -0.15) is 0 Å². The molecular weight excluding hydrogens is 352 g/mol. The number of nitrogens with two attached hydrogens (primary N) is 1. The summed E-state index contributed by atoms with van der Waals surface area (Å²) in [4.78, 5) is 0. The Labute approximate surface area is 173 Å². The summed E-state index contributed by atoms with van der Waals surface area (Å²) in [5, 5.41) is 3.90. The third kappa shape index (κ3) is 4.00. The van der Waals surface area contributed by atoms with E-state index in [4.69, 9.17) is 5.73 Å². The summed E-state index contributed by atoms with van der Waals surface area (Å²) >= 11 is 0. The van der Waals surface area contributed by atoms with Crippen LogP contribution in [0, 0.1) is 0 Å². The number of nitrogens with one attached hydrogen (secondary N) is 1. The zero-order valence-electron chi connectivity index (χ0n) is 16.5. The average Bonchev–Trinajstić information content (AvgIpc) is 2.82. The molecule has 2 heteroatoms. The Morgan fingerprint density at radius 3 is 1.28 bits per heavy atom. The Bertz CT molecular complexity index is 914. The average molecular weight is 379 g/mol. The molecule has 0 unspecified atom stereocenters. The molecule has 0 aromatic heterocycles. The van der Waals surface area contributed by atoms with Crippen molar-refractivity contribution in [3.05, 3.63) is 143 Å². The largest absolute Gasteiger partial charge is 0.326 e. The molecule has 4 aromatic rings. The van der Waals surface area contributed by atoms with Gasteiger partial charge in [0.05, 0.1) is 5.54 Å². The summed E-state index contributed by atoms with van der Waals surface area (Å²) in [6.45, 7) is 1.30. The van der Waals surface area contributed by atoms with E-state index in [-0.39, 0.29) is 0 Å². The van der Waals surface area contributed by atoms with E-state index in [1.807, 2.05) is 0 Å². The molecule has 4 aromatic carbocycles. The fourth-order valence-electron chi connectivity index (χ4n) is 3.90. The SMILES string of the molecule is NCc1ccc(CNC(c2ccccc2)(c2ccccc2)c2ccccc2)cc1. The standard InChI is InChI=1S/C27H26N2/c28-20-22-16-18-23(19-17-22)21-29-27(24-10-4-1-5-11-24,25-12-6-2-7-13-25)26-14-8-3-9-15-26/h1-19,29H,20-21,28H2. The first-order valence-corrected chi connectivity index (χ1v) is 10.0. The Balaban J connectivity index is 1.83. The molecule has 2 nitrogen and oxygen atoms in total. The fourth-order valence-corrected chi connectivity index (χ4v) is 3.90. The summed E-state index contributed by atoms with van der Waals surface area (Å²) in [6, 6.07) is 40.5. The summed E-state index contributed by atoms with van der Waals surface area (Å²) in [7, 11) is 0. The van der Waals surface area contributed by atoms with Crippen LogP contribution in [0.1, 0.15) is 27.8 Å². The molecule has 0 amide bonds. The van der Waals surface area contributed by atoms with E-state index in [2.05, 4.69) is 121 Å². The van der Waals surface area contributed by atoms with Crippen molar-refractivity contribution in [2.45, 2.75) is 18.6 Å². The third-order valence-electron chi connectivity index (χ3n) is 5.44. The van der Waals surface area contributed by atoms with Gasteiger partial charge in [-0.25, -0.2) is 0 Å². The first kappa shape index (κ1) is 19.1. The van der Waals surface area contributed by atoms with Gasteiger partial charge in [-0.3, -0.25) is 5.32 Å². The highest BCUT2D eigenvalue weighted by Crippen LogP contribution is 2.37. The number of hydrogen-bond acceptors (Lipinski definition) is 2. The Kier molecular flexibility index (Phi) is 5.85. The van der Waals surface area contributed by atoms with Crippen molar-refractivity contribution in [2.75, 3.05) is 0 Å². The van der Waals surface area contributed by atoms with Crippen molar-refractivity contribution in [2.24, 2.45) is 5.73 Å². The van der Waals surface area contributed by atoms with Crippen LogP contribution < -0.4 is 11.1 Å². The van der Waals surface area contributed by atoms with Gasteiger partial charge in [0.1, 0.15) is 0 Å². The second-order valence-corrected chi connectivity index (χ2v) is 7.22. The van der Waals surface area contributed by atoms with Crippen LogP contribution in [0.15, 0.2) is 115 Å². The predicted octanol–water partition coefficient (Wildman–Crippen LogP) is 5.23. The first-order chi connectivity index (χ1) is 14.3. The van der Waals surface area contributed by atoms with E-state index in [1.54, 1.807) is 0 Å². The topological polar surface area (TPSA) is 38.0 Å². The zero-order chi connectivity index (χ0) is 19.9. The first-order valence-electron chi connectivity index (χ1n) is 10.0. The van der Waals surface area contributed by atoms with Gasteiger partial charge in [0.2, 0.25) is 0 Å². The van der Waals surface area contributed by atoms with Crippen LogP contribution in [0.4, 0.5) is 0 Å². The lowest BCUT2D eigenvalue weighted by Crippen LogP contribution is -2.44. The lowest BCUT2D eigenvalue weighted by molar-refractivity contribution is 0.471. The molecule has 0 atom stereocenters. The molecule has 0 saturated carbocycles. The van der Waals surface area contributed by atoms with Gasteiger partial charge in [-0.1, -0.05) is 115 Å². The van der Waals surface area contributed by atoms with E-state index in [9.17, 15) is 0 Å². The second kappa shape index (κ2) is 8.87. The molecule has 0 saturated heterocycles. The maximum Gasteiger partial charge on any atom is 0.0950 e. The van der Waals surface area contributed by atoms with Crippen LogP contribution in [-0.4, -0.2) is 0 Å². The van der Waals surface area contributed by atoms with E-state index in [1.165, 1.54) is 22.3 Å². The normalized spacial score (nSPS) is 11.3. The van der Waals surface area contributed by atoms with Gasteiger partial charge in [0.25, 0.3) is 0 Å². The van der Waals surface area contributed by atoms with Gasteiger partial charge < -0.3 is 5.73 Å². The van der Waals surface area contributed by atoms with E-state index in [0.29, 0.717) is 6.54 Å². The van der Waals surface area contributed by atoms with Crippen LogP contribution in [0.3, 0.4) is 0 Å². The van der Waals surface area contributed by atoms with Crippen LogP contribution in [0.25, 0.3) is 0 Å². The van der Waals surface area contributed by atoms with Gasteiger partial charge in [0.15, 0.2) is 0 Å². The molecule has 0 fully saturated rings. The molecule has 0 aliphatic carbocycles. The summed E-state index contributed by atoms with van der Waals surface area (Å²) in [6.07, 6.45) is 0. The molecule has 0 bridgehead atoms. The predicted molar refractivity (Wildman–Crippen MR) is 120 cm³/mol. The minimum absolute atomic E-state index is 0.448. The van der Waals surface area contributed by atoms with Crippen molar-refractivity contribution >= 4 is 0 Å². The van der Waals surface area contributed by atoms with Crippen molar-refractivity contribution in [1.29, 1.82) is 0 Å². The molecule has 0 aliphatic heterocycles. The number of hydrogen-bond donors (Lipinski definition) is 2. The Morgan fingerprint density at radius 1 is 0.517 bits per heavy atom. The Morgan fingerprint density at radius 2 is 0.897 bits per heavy atom. The van der Waals surface area contributed by atoms with Gasteiger partial charge in [0, 0.05) is 13.1 Å². The van der Waals surface area contributed by atoms with E-state index < -0.39 is 5.54 Å². The van der Waals surface area contributed by atoms with Crippen LogP contribution in [0.2, 0.25) is 0 Å². The molecular formula is C27H26N2. The molecule has 0 aliphatic rings. The molecule has 0 radical (unpaired) electrons. The van der Waals surface area contributed by atoms with Crippen LogP contribution >= 0.6 is 0 Å². The molecule has 0 heterocycles. The van der Waals surface area contributed by atoms with Gasteiger partial charge in [-0.05, 0) is 27.8 Å². The van der Waals surface area contributed by atoms with Gasteiger partial charge >= 0.3 is 0 Å². The van der Waals surface area contributed by atoms with Crippen LogP contribution in [-0.2, 0) is 18.6 Å². The molecule has 0 spiro atoms. The monoisotopic (exact) mass is 378 g/mol. The molecule has 3 N–H and O–H groups in total. The summed E-state index contributed by atoms with van der Waals surface area (Å²) in [5.74, 6) is 0. The van der Waals surface area contributed by atoms with E-state index >= 15 is 0 Å². The van der Waals surface area contributed by atoms with Crippen molar-refractivity contribution in [1.82, 2.24) is 5.32 Å². The number of benzene rings is 4. The smallest absolute Gasteiger partial charge is 0.0950 e. The third-order valence-corrected chi connectivity index (χ3v) is 5.44. The lowest BCUT2D eigenvalue weighted by Gasteiger charge is -2.37. The lowest BCUT2D eigenvalue weighted by atomic mass is 9.77. The minimum Gasteiger partial charge on any atom is -0.326 e. The molecule has 144 valence electrons. The Hall–Kier alpha value is -3.20. The van der Waals surface area contributed by atoms with Crippen molar-refractivity contribution < 1.29 is 0 Å². The maximum absolute atomic E-state index is 5.76. The molecule has 4 rings (SSSR count). The second-order valence-electron chi connectivity index (χ2n) is 7.22. The van der Waals surface area contributed by atoms with Gasteiger partial charge in [-0.15, -0.1) is 0 Å². The highest BCUT2D eigenvalue weighted by molar-refractivity contribution is 5.49. The highest BCUT2D eigenvalue weighted by Gasteiger charge is 2.35. The summed E-state index contributed by atoms with van der Waals surface area (Å²) in [5.41, 5.74) is 11.3. The van der Waals surface area contributed by atoms with Crippen molar-refractivity contribution in [3.63, 3.8) is 0 Å². The molecule has 29 heavy (non-hydrogen) atoms. The van der Waals surface area contributed by atoms with E-state index in [0.717, 1.165) is 12.1 Å². The highest BCUT2D eigenvalue weighted by atomic mass is 15.0. The minimum atomic E-state index is -0.448. The summed E-state index contributed by atoms with van der Waals surface area (Å²) < 4.78 is 0. The van der Waals surface area contributed by atoms with Crippen molar-refractivity contribution in [3.8, 4) is 0 Å². The fraction of sp³-hybridized carbons (Fsp3) is 0.111. The van der Waals surface area contributed by atoms with Crippen LogP contribution in [0.5, 0.6) is 0 Å². The zero-order valence-corrected chi connectivity index (χ0v) is 16.5. The number of rotatable bonds is 7. The maximum atomic E-state index is 5.76.